The van der Waals surface area contributed by atoms with Crippen molar-refractivity contribution in [3.8, 4) is 0 Å². The molecule has 0 spiro atoms. The van der Waals surface area contributed by atoms with Gasteiger partial charge in [-0.15, -0.1) is 0 Å². The van der Waals surface area contributed by atoms with Crippen LogP contribution >= 0.6 is 0 Å². The van der Waals surface area contributed by atoms with Crippen molar-refractivity contribution in [1.29, 1.82) is 0 Å². The van der Waals surface area contributed by atoms with E-state index in [2.05, 4.69) is 17.6 Å². The number of urea groups is 1. The molecule has 1 fully saturated rings. The fraction of sp³-hybridized carbons (Fsp3) is 0.467. The maximum Gasteiger partial charge on any atom is 0.312 e. The van der Waals surface area contributed by atoms with E-state index in [4.69, 9.17) is 5.73 Å². The summed E-state index contributed by atoms with van der Waals surface area (Å²) in [5, 5.41) is 5.60. The predicted octanol–water partition coefficient (Wildman–Crippen LogP) is 1.77. The Kier molecular flexibility index (Phi) is 4.61. The molecule has 5 nitrogen and oxygen atoms in total. The molecule has 1 aromatic carbocycles. The van der Waals surface area contributed by atoms with E-state index in [1.54, 1.807) is 12.1 Å². The molecule has 2 rings (SSSR count). The Morgan fingerprint density at radius 3 is 2.50 bits per heavy atom. The minimum Gasteiger partial charge on any atom is -0.352 e. The minimum atomic E-state index is -0.554. The summed E-state index contributed by atoms with van der Waals surface area (Å²) in [4.78, 5) is 22.7. The lowest BCUT2D eigenvalue weighted by Gasteiger charge is -2.17. The van der Waals surface area contributed by atoms with Crippen LogP contribution in [0.3, 0.4) is 0 Å². The highest BCUT2D eigenvalue weighted by Crippen LogP contribution is 2.25. The second-order valence-corrected chi connectivity index (χ2v) is 5.40. The second-order valence-electron chi connectivity index (χ2n) is 5.40. The van der Waals surface area contributed by atoms with Crippen LogP contribution in [0, 0.1) is 5.92 Å². The van der Waals surface area contributed by atoms with Gasteiger partial charge in [0.25, 0.3) is 5.91 Å². The van der Waals surface area contributed by atoms with Crippen LogP contribution in [0.5, 0.6) is 0 Å². The summed E-state index contributed by atoms with van der Waals surface area (Å²) in [7, 11) is 0. The number of primary amides is 1. The van der Waals surface area contributed by atoms with Gasteiger partial charge in [-0.2, -0.15) is 0 Å². The van der Waals surface area contributed by atoms with Gasteiger partial charge in [0.05, 0.1) is 0 Å². The van der Waals surface area contributed by atoms with E-state index in [0.29, 0.717) is 24.1 Å². The van der Waals surface area contributed by atoms with E-state index >= 15 is 0 Å². The first-order valence-electron chi connectivity index (χ1n) is 6.99. The zero-order valence-electron chi connectivity index (χ0n) is 11.7. The summed E-state index contributed by atoms with van der Waals surface area (Å²) < 4.78 is 0. The number of nitrogens with two attached hydrogens (primary N) is 1. The fourth-order valence-electron chi connectivity index (χ4n) is 2.57. The van der Waals surface area contributed by atoms with Crippen molar-refractivity contribution < 1.29 is 9.59 Å². The van der Waals surface area contributed by atoms with Crippen molar-refractivity contribution in [3.63, 3.8) is 0 Å². The monoisotopic (exact) mass is 275 g/mol. The fourth-order valence-corrected chi connectivity index (χ4v) is 2.57. The molecule has 3 amide bonds. The van der Waals surface area contributed by atoms with Gasteiger partial charge >= 0.3 is 6.03 Å². The molecule has 0 bridgehead atoms. The van der Waals surface area contributed by atoms with Gasteiger partial charge in [0.15, 0.2) is 0 Å². The van der Waals surface area contributed by atoms with Crippen LogP contribution in [0.25, 0.3) is 0 Å². The summed E-state index contributed by atoms with van der Waals surface area (Å²) in [6.45, 7) is 2.55. The van der Waals surface area contributed by atoms with Gasteiger partial charge in [0.2, 0.25) is 0 Å². The Bertz CT molecular complexity index is 484. The molecular formula is C15H21N3O2. The molecule has 108 valence electrons. The average Bonchev–Trinajstić information content (AvgIpc) is 2.82. The lowest BCUT2D eigenvalue weighted by Crippen LogP contribution is -2.36. The number of carbonyl (C=O) groups is 2. The molecule has 1 aliphatic carbocycles. The number of rotatable bonds is 4. The maximum atomic E-state index is 12.1. The van der Waals surface area contributed by atoms with Crippen LogP contribution in [0.15, 0.2) is 24.3 Å². The van der Waals surface area contributed by atoms with Crippen LogP contribution in [0.2, 0.25) is 0 Å². The molecule has 4 N–H and O–H groups in total. The van der Waals surface area contributed by atoms with E-state index in [9.17, 15) is 9.59 Å². The molecule has 0 aromatic heterocycles. The van der Waals surface area contributed by atoms with Gasteiger partial charge in [-0.25, -0.2) is 4.79 Å². The van der Waals surface area contributed by atoms with Crippen molar-refractivity contribution in [2.24, 2.45) is 11.7 Å². The second kappa shape index (κ2) is 6.41. The standard InChI is InChI=1S/C15H21N3O2/c1-10-3-2-4-13(10)18-14(19)12-7-5-11(6-8-12)9-17-15(16)20/h5-8,10,13H,2-4,9H2,1H3,(H,18,19)(H3,16,17,20). The molecule has 5 heteroatoms. The Hall–Kier alpha value is -2.04. The van der Waals surface area contributed by atoms with E-state index in [-0.39, 0.29) is 5.91 Å². The van der Waals surface area contributed by atoms with Gasteiger partial charge < -0.3 is 16.4 Å². The highest BCUT2D eigenvalue weighted by atomic mass is 16.2. The third kappa shape index (κ3) is 3.73. The molecule has 2 unspecified atom stereocenters. The molecule has 1 aliphatic rings. The van der Waals surface area contributed by atoms with Crippen molar-refractivity contribution in [2.45, 2.75) is 38.8 Å². The number of hydrogen-bond donors (Lipinski definition) is 3. The van der Waals surface area contributed by atoms with Gasteiger partial charge in [-0.05, 0) is 36.5 Å². The largest absolute Gasteiger partial charge is 0.352 e. The first-order valence-corrected chi connectivity index (χ1v) is 6.99. The number of carbonyl (C=O) groups excluding carboxylic acids is 2. The molecule has 0 heterocycles. The number of benzene rings is 1. The Morgan fingerprint density at radius 1 is 1.25 bits per heavy atom. The van der Waals surface area contributed by atoms with Crippen molar-refractivity contribution >= 4 is 11.9 Å². The Balaban J connectivity index is 1.91. The van der Waals surface area contributed by atoms with E-state index < -0.39 is 6.03 Å². The summed E-state index contributed by atoms with van der Waals surface area (Å²) >= 11 is 0. The van der Waals surface area contributed by atoms with Gasteiger partial charge in [-0.3, -0.25) is 4.79 Å². The van der Waals surface area contributed by atoms with Gasteiger partial charge in [0, 0.05) is 18.2 Å². The Morgan fingerprint density at radius 2 is 1.95 bits per heavy atom. The molecule has 1 saturated carbocycles. The molecule has 0 radical (unpaired) electrons. The van der Waals surface area contributed by atoms with Crippen LogP contribution in [0.4, 0.5) is 4.79 Å². The summed E-state index contributed by atoms with van der Waals surface area (Å²) in [6, 6.07) is 6.92. The Labute approximate surface area is 118 Å². The molecule has 20 heavy (non-hydrogen) atoms. The normalized spacial score (nSPS) is 21.4. The first-order chi connectivity index (χ1) is 9.56. The lowest BCUT2D eigenvalue weighted by molar-refractivity contribution is 0.0929. The zero-order chi connectivity index (χ0) is 14.5. The van der Waals surface area contributed by atoms with Crippen LogP contribution in [0.1, 0.15) is 42.1 Å². The topological polar surface area (TPSA) is 84.2 Å². The number of nitrogens with one attached hydrogen (secondary N) is 2. The molecule has 1 aromatic rings. The summed E-state index contributed by atoms with van der Waals surface area (Å²) in [6.07, 6.45) is 3.43. The molecule has 0 saturated heterocycles. The SMILES string of the molecule is CC1CCCC1NC(=O)c1ccc(CNC(N)=O)cc1. The van der Waals surface area contributed by atoms with Crippen LogP contribution in [-0.4, -0.2) is 18.0 Å². The van der Waals surface area contributed by atoms with Gasteiger partial charge in [0.1, 0.15) is 0 Å². The third-order valence-electron chi connectivity index (χ3n) is 3.86. The lowest BCUT2D eigenvalue weighted by atomic mass is 10.1. The number of hydrogen-bond acceptors (Lipinski definition) is 2. The average molecular weight is 275 g/mol. The van der Waals surface area contributed by atoms with Crippen LogP contribution < -0.4 is 16.4 Å². The van der Waals surface area contributed by atoms with E-state index in [1.807, 2.05) is 12.1 Å². The maximum absolute atomic E-state index is 12.1. The van der Waals surface area contributed by atoms with Crippen LogP contribution in [-0.2, 0) is 6.54 Å². The van der Waals surface area contributed by atoms with Gasteiger partial charge in [-0.1, -0.05) is 25.5 Å². The molecule has 2 atom stereocenters. The third-order valence-corrected chi connectivity index (χ3v) is 3.86. The minimum absolute atomic E-state index is 0.0295. The van der Waals surface area contributed by atoms with Crippen molar-refractivity contribution in [3.05, 3.63) is 35.4 Å². The predicted molar refractivity (Wildman–Crippen MR) is 77.1 cm³/mol. The smallest absolute Gasteiger partial charge is 0.312 e. The molecule has 0 aliphatic heterocycles. The highest BCUT2D eigenvalue weighted by molar-refractivity contribution is 5.94. The van der Waals surface area contributed by atoms with E-state index in [1.165, 1.54) is 12.8 Å². The highest BCUT2D eigenvalue weighted by Gasteiger charge is 2.24. The summed E-state index contributed by atoms with van der Waals surface area (Å²) in [5.41, 5.74) is 6.57. The zero-order valence-corrected chi connectivity index (χ0v) is 11.7. The van der Waals surface area contributed by atoms with Crippen molar-refractivity contribution in [2.75, 3.05) is 0 Å². The number of amides is 3. The summed E-state index contributed by atoms with van der Waals surface area (Å²) in [5.74, 6) is 0.524. The molecular weight excluding hydrogens is 254 g/mol. The van der Waals surface area contributed by atoms with Crippen molar-refractivity contribution in [1.82, 2.24) is 10.6 Å². The first kappa shape index (κ1) is 14.4. The van der Waals surface area contributed by atoms with E-state index in [0.717, 1.165) is 12.0 Å². The quantitative estimate of drug-likeness (QED) is 0.782.